The van der Waals surface area contributed by atoms with Gasteiger partial charge in [-0.25, -0.2) is 0 Å². The van der Waals surface area contributed by atoms with Crippen LogP contribution in [0.15, 0.2) is 0 Å². The third-order valence-electron chi connectivity index (χ3n) is 3.78. The van der Waals surface area contributed by atoms with Crippen LogP contribution in [0.3, 0.4) is 0 Å². The van der Waals surface area contributed by atoms with Gasteiger partial charge in [0.1, 0.15) is 12.1 Å². The molecule has 2 amide bonds. The van der Waals surface area contributed by atoms with Crippen molar-refractivity contribution in [3.05, 3.63) is 0 Å². The first-order valence-electron chi connectivity index (χ1n) is 8.07. The Labute approximate surface area is 133 Å². The normalized spacial score (nSPS) is 23.1. The van der Waals surface area contributed by atoms with Gasteiger partial charge in [-0.2, -0.15) is 11.8 Å². The highest BCUT2D eigenvalue weighted by atomic mass is 32.2. The Kier molecular flexibility index (Phi) is 7.57. The fourth-order valence-corrected chi connectivity index (χ4v) is 3.29. The Morgan fingerprint density at radius 1 is 1.24 bits per heavy atom. The SMILES string of the molecule is CCSCCCN1C(=O)C(C(C)C)NC(=O)C1CC(C)C. The highest BCUT2D eigenvalue weighted by Gasteiger charge is 2.41. The van der Waals surface area contributed by atoms with Gasteiger partial charge in [-0.1, -0.05) is 34.6 Å². The van der Waals surface area contributed by atoms with Gasteiger partial charge in [-0.3, -0.25) is 9.59 Å². The molecule has 1 heterocycles. The smallest absolute Gasteiger partial charge is 0.246 e. The zero-order valence-electron chi connectivity index (χ0n) is 14.0. The first-order valence-corrected chi connectivity index (χ1v) is 9.22. The van der Waals surface area contributed by atoms with Crippen LogP contribution in [-0.4, -0.2) is 46.8 Å². The molecule has 0 aromatic heterocycles. The summed E-state index contributed by atoms with van der Waals surface area (Å²) in [4.78, 5) is 26.9. The lowest BCUT2D eigenvalue weighted by molar-refractivity contribution is -0.151. The van der Waals surface area contributed by atoms with Gasteiger partial charge in [0, 0.05) is 6.54 Å². The maximum atomic E-state index is 12.7. The molecule has 0 bridgehead atoms. The van der Waals surface area contributed by atoms with Crippen molar-refractivity contribution in [2.75, 3.05) is 18.1 Å². The summed E-state index contributed by atoms with van der Waals surface area (Å²) >= 11 is 1.88. The number of nitrogens with one attached hydrogen (secondary N) is 1. The summed E-state index contributed by atoms with van der Waals surface area (Å²) in [6.07, 6.45) is 1.69. The highest BCUT2D eigenvalue weighted by molar-refractivity contribution is 7.99. The number of nitrogens with zero attached hydrogens (tertiary/aromatic N) is 1. The predicted octanol–water partition coefficient (Wildman–Crippen LogP) is 2.53. The van der Waals surface area contributed by atoms with Gasteiger partial charge >= 0.3 is 0 Å². The van der Waals surface area contributed by atoms with Crippen molar-refractivity contribution >= 4 is 23.6 Å². The van der Waals surface area contributed by atoms with Crippen LogP contribution in [0.25, 0.3) is 0 Å². The van der Waals surface area contributed by atoms with Crippen molar-refractivity contribution in [2.24, 2.45) is 11.8 Å². The number of hydrogen-bond donors (Lipinski definition) is 1. The average Bonchev–Trinajstić information content (AvgIpc) is 2.40. The van der Waals surface area contributed by atoms with E-state index in [0.29, 0.717) is 12.5 Å². The zero-order valence-corrected chi connectivity index (χ0v) is 14.8. The van der Waals surface area contributed by atoms with Gasteiger partial charge in [0.15, 0.2) is 0 Å². The molecule has 122 valence electrons. The first-order chi connectivity index (χ1) is 9.88. The van der Waals surface area contributed by atoms with Crippen LogP contribution in [-0.2, 0) is 9.59 Å². The molecule has 0 radical (unpaired) electrons. The van der Waals surface area contributed by atoms with Gasteiger partial charge in [0.2, 0.25) is 11.8 Å². The number of carbonyl (C=O) groups excluding carboxylic acids is 2. The Morgan fingerprint density at radius 3 is 2.43 bits per heavy atom. The van der Waals surface area contributed by atoms with Crippen molar-refractivity contribution < 1.29 is 9.59 Å². The molecule has 0 spiro atoms. The van der Waals surface area contributed by atoms with E-state index in [-0.39, 0.29) is 29.8 Å². The number of amides is 2. The van der Waals surface area contributed by atoms with E-state index in [4.69, 9.17) is 0 Å². The van der Waals surface area contributed by atoms with Crippen molar-refractivity contribution in [3.8, 4) is 0 Å². The maximum Gasteiger partial charge on any atom is 0.246 e. The summed E-state index contributed by atoms with van der Waals surface area (Å²) in [5.74, 6) is 2.79. The molecule has 0 aromatic carbocycles. The Balaban J connectivity index is 2.79. The second-order valence-corrected chi connectivity index (χ2v) is 7.85. The first kappa shape index (κ1) is 18.3. The summed E-state index contributed by atoms with van der Waals surface area (Å²) in [6, 6.07) is -0.654. The minimum absolute atomic E-state index is 0.0187. The summed E-state index contributed by atoms with van der Waals surface area (Å²) in [6.45, 7) is 11.0. The lowest BCUT2D eigenvalue weighted by Gasteiger charge is -2.41. The number of thioether (sulfide) groups is 1. The molecule has 0 aromatic rings. The Morgan fingerprint density at radius 2 is 1.90 bits per heavy atom. The highest BCUT2D eigenvalue weighted by Crippen LogP contribution is 2.21. The van der Waals surface area contributed by atoms with Crippen LogP contribution in [0.5, 0.6) is 0 Å². The summed E-state index contributed by atoms with van der Waals surface area (Å²) < 4.78 is 0. The molecule has 4 nitrogen and oxygen atoms in total. The van der Waals surface area contributed by atoms with Gasteiger partial charge in [-0.05, 0) is 36.2 Å². The molecule has 1 aliphatic rings. The summed E-state index contributed by atoms with van der Waals surface area (Å²) in [5.41, 5.74) is 0. The second-order valence-electron chi connectivity index (χ2n) is 6.46. The van der Waals surface area contributed by atoms with Crippen molar-refractivity contribution in [1.82, 2.24) is 10.2 Å². The van der Waals surface area contributed by atoms with Crippen LogP contribution in [0.2, 0.25) is 0 Å². The van der Waals surface area contributed by atoms with E-state index in [2.05, 4.69) is 26.1 Å². The van der Waals surface area contributed by atoms with Gasteiger partial charge in [-0.15, -0.1) is 0 Å². The molecular weight excluding hydrogens is 284 g/mol. The van der Waals surface area contributed by atoms with E-state index in [9.17, 15) is 9.59 Å². The van der Waals surface area contributed by atoms with Crippen molar-refractivity contribution in [3.63, 3.8) is 0 Å². The van der Waals surface area contributed by atoms with E-state index in [1.165, 1.54) is 0 Å². The molecule has 1 aliphatic heterocycles. The average molecular weight is 314 g/mol. The number of hydrogen-bond acceptors (Lipinski definition) is 3. The van der Waals surface area contributed by atoms with Crippen molar-refractivity contribution in [2.45, 2.75) is 59.5 Å². The third-order valence-corrected chi connectivity index (χ3v) is 4.76. The quantitative estimate of drug-likeness (QED) is 0.700. The van der Waals surface area contributed by atoms with Gasteiger partial charge in [0.25, 0.3) is 0 Å². The molecule has 1 saturated heterocycles. The van der Waals surface area contributed by atoms with Crippen LogP contribution >= 0.6 is 11.8 Å². The van der Waals surface area contributed by atoms with Crippen LogP contribution in [0.1, 0.15) is 47.5 Å². The second kappa shape index (κ2) is 8.66. The fraction of sp³-hybridized carbons (Fsp3) is 0.875. The Bertz CT molecular complexity index is 358. The standard InChI is InChI=1S/C16H30N2O2S/c1-6-21-9-7-8-18-13(10-11(2)3)15(19)17-14(12(4)5)16(18)20/h11-14H,6-10H2,1-5H3,(H,17,19). The monoisotopic (exact) mass is 314 g/mol. The molecule has 1 rings (SSSR count). The molecule has 0 aliphatic carbocycles. The van der Waals surface area contributed by atoms with Gasteiger partial charge in [0.05, 0.1) is 0 Å². The maximum absolute atomic E-state index is 12.7. The molecule has 21 heavy (non-hydrogen) atoms. The van der Waals surface area contributed by atoms with E-state index < -0.39 is 0 Å². The minimum Gasteiger partial charge on any atom is -0.342 e. The number of rotatable bonds is 8. The lowest BCUT2D eigenvalue weighted by Crippen LogP contribution is -2.65. The zero-order chi connectivity index (χ0) is 16.0. The topological polar surface area (TPSA) is 49.4 Å². The molecule has 1 N–H and O–H groups in total. The van der Waals surface area contributed by atoms with Crippen LogP contribution in [0, 0.1) is 11.8 Å². The summed E-state index contributed by atoms with van der Waals surface area (Å²) in [5, 5.41) is 2.92. The Hall–Kier alpha value is -0.710. The summed E-state index contributed by atoms with van der Waals surface area (Å²) in [7, 11) is 0. The molecular formula is C16H30N2O2S. The molecule has 2 unspecified atom stereocenters. The number of piperazine rings is 1. The minimum atomic E-state index is -0.361. The van der Waals surface area contributed by atoms with E-state index in [1.807, 2.05) is 30.5 Å². The molecule has 5 heteroatoms. The van der Waals surface area contributed by atoms with Crippen molar-refractivity contribution in [1.29, 1.82) is 0 Å². The number of carbonyl (C=O) groups is 2. The largest absolute Gasteiger partial charge is 0.342 e. The molecule has 1 fully saturated rings. The predicted molar refractivity (Wildman–Crippen MR) is 89.3 cm³/mol. The van der Waals surface area contributed by atoms with E-state index >= 15 is 0 Å². The van der Waals surface area contributed by atoms with Gasteiger partial charge < -0.3 is 10.2 Å². The van der Waals surface area contributed by atoms with Crippen LogP contribution in [0.4, 0.5) is 0 Å². The molecule has 0 saturated carbocycles. The third kappa shape index (κ3) is 5.20. The van der Waals surface area contributed by atoms with Crippen LogP contribution < -0.4 is 5.32 Å². The fourth-order valence-electron chi connectivity index (χ4n) is 2.66. The lowest BCUT2D eigenvalue weighted by atomic mass is 9.93. The van der Waals surface area contributed by atoms with E-state index in [0.717, 1.165) is 24.3 Å². The van der Waals surface area contributed by atoms with E-state index in [1.54, 1.807) is 0 Å². The molecule has 2 atom stereocenters.